The van der Waals surface area contributed by atoms with Crippen LogP contribution in [0.5, 0.6) is 0 Å². The lowest BCUT2D eigenvalue weighted by Crippen LogP contribution is -2.28. The Morgan fingerprint density at radius 3 is 2.71 bits per heavy atom. The predicted molar refractivity (Wildman–Crippen MR) is 62.0 cm³/mol. The predicted octanol–water partition coefficient (Wildman–Crippen LogP) is 0.990. The quantitative estimate of drug-likeness (QED) is 0.831. The summed E-state index contributed by atoms with van der Waals surface area (Å²) in [4.78, 5) is 24.4. The summed E-state index contributed by atoms with van der Waals surface area (Å²) in [6, 6.07) is 0. The zero-order valence-electron chi connectivity index (χ0n) is 10.3. The number of carbonyl (C=O) groups is 2. The second-order valence-corrected chi connectivity index (χ2v) is 3.95. The van der Waals surface area contributed by atoms with Crippen LogP contribution in [-0.4, -0.2) is 45.3 Å². The minimum Gasteiger partial charge on any atom is -0.476 e. The van der Waals surface area contributed by atoms with Crippen molar-refractivity contribution < 1.29 is 14.7 Å². The topological polar surface area (TPSA) is 75.4 Å². The molecule has 1 rings (SSSR count). The van der Waals surface area contributed by atoms with Gasteiger partial charge in [-0.15, -0.1) is 0 Å². The molecule has 94 valence electrons. The molecule has 0 aromatic carbocycles. The Labute approximate surface area is 99.8 Å². The number of carboxylic acid groups (broad SMARTS) is 1. The maximum atomic E-state index is 12.0. The standard InChI is InChI=1S/C11H17N3O3/c1-4-5-6-13(2)10(15)8-7-14(3)12-9(8)11(16)17/h7H,4-6H2,1-3H3,(H,16,17). The van der Waals surface area contributed by atoms with Crippen molar-refractivity contribution in [2.45, 2.75) is 19.8 Å². The van der Waals surface area contributed by atoms with E-state index in [4.69, 9.17) is 5.11 Å². The molecule has 0 aliphatic heterocycles. The van der Waals surface area contributed by atoms with E-state index in [-0.39, 0.29) is 17.2 Å². The number of carbonyl (C=O) groups excluding carboxylic acids is 1. The number of hydrogen-bond donors (Lipinski definition) is 1. The smallest absolute Gasteiger partial charge is 0.357 e. The van der Waals surface area contributed by atoms with Crippen molar-refractivity contribution in [2.24, 2.45) is 7.05 Å². The molecule has 1 amide bonds. The van der Waals surface area contributed by atoms with E-state index in [1.807, 2.05) is 6.92 Å². The number of nitrogens with zero attached hydrogens (tertiary/aromatic N) is 3. The summed E-state index contributed by atoms with van der Waals surface area (Å²) in [5.41, 5.74) is -0.0561. The number of aromatic carboxylic acids is 1. The maximum absolute atomic E-state index is 12.0. The summed E-state index contributed by atoms with van der Waals surface area (Å²) in [7, 11) is 3.26. The van der Waals surface area contributed by atoms with Gasteiger partial charge in [-0.25, -0.2) is 4.79 Å². The highest BCUT2D eigenvalue weighted by Gasteiger charge is 2.23. The second-order valence-electron chi connectivity index (χ2n) is 3.95. The van der Waals surface area contributed by atoms with Gasteiger partial charge in [-0.2, -0.15) is 5.10 Å². The van der Waals surface area contributed by atoms with Crippen LogP contribution in [0, 0.1) is 0 Å². The fourth-order valence-electron chi connectivity index (χ4n) is 1.51. The van der Waals surface area contributed by atoms with Crippen molar-refractivity contribution in [1.82, 2.24) is 14.7 Å². The molecule has 1 aromatic heterocycles. The number of hydrogen-bond acceptors (Lipinski definition) is 3. The van der Waals surface area contributed by atoms with Crippen LogP contribution in [0.1, 0.15) is 40.6 Å². The van der Waals surface area contributed by atoms with E-state index >= 15 is 0 Å². The average molecular weight is 239 g/mol. The molecule has 0 spiro atoms. The van der Waals surface area contributed by atoms with E-state index in [1.165, 1.54) is 15.8 Å². The Hall–Kier alpha value is -1.85. The van der Waals surface area contributed by atoms with Crippen LogP contribution >= 0.6 is 0 Å². The number of carboxylic acids is 1. The third-order valence-corrected chi connectivity index (χ3v) is 2.46. The van der Waals surface area contributed by atoms with Gasteiger partial charge in [0.05, 0.1) is 5.56 Å². The van der Waals surface area contributed by atoms with E-state index in [2.05, 4.69) is 5.10 Å². The summed E-state index contributed by atoms with van der Waals surface area (Å²) in [6.45, 7) is 2.65. The molecule has 0 bridgehead atoms. The second kappa shape index (κ2) is 5.47. The highest BCUT2D eigenvalue weighted by molar-refractivity contribution is 6.03. The SMILES string of the molecule is CCCCN(C)C(=O)c1cn(C)nc1C(=O)O. The van der Waals surface area contributed by atoms with Crippen molar-refractivity contribution >= 4 is 11.9 Å². The number of aryl methyl sites for hydroxylation is 1. The monoisotopic (exact) mass is 239 g/mol. The molecular weight excluding hydrogens is 222 g/mol. The van der Waals surface area contributed by atoms with Gasteiger partial charge in [0, 0.05) is 26.8 Å². The van der Waals surface area contributed by atoms with Gasteiger partial charge in [0.2, 0.25) is 0 Å². The van der Waals surface area contributed by atoms with E-state index in [0.717, 1.165) is 12.8 Å². The van der Waals surface area contributed by atoms with Crippen LogP contribution in [0.3, 0.4) is 0 Å². The van der Waals surface area contributed by atoms with Crippen LogP contribution in [0.4, 0.5) is 0 Å². The van der Waals surface area contributed by atoms with E-state index in [1.54, 1.807) is 14.1 Å². The molecule has 1 heterocycles. The lowest BCUT2D eigenvalue weighted by atomic mass is 10.2. The van der Waals surface area contributed by atoms with Crippen LogP contribution in [0.2, 0.25) is 0 Å². The van der Waals surface area contributed by atoms with Crippen LogP contribution < -0.4 is 0 Å². The van der Waals surface area contributed by atoms with Crippen molar-refractivity contribution in [3.05, 3.63) is 17.5 Å². The van der Waals surface area contributed by atoms with Gasteiger partial charge >= 0.3 is 5.97 Å². The van der Waals surface area contributed by atoms with Crippen molar-refractivity contribution in [1.29, 1.82) is 0 Å². The molecule has 0 atom stereocenters. The maximum Gasteiger partial charge on any atom is 0.357 e. The third-order valence-electron chi connectivity index (χ3n) is 2.46. The first-order valence-electron chi connectivity index (χ1n) is 5.49. The molecule has 0 unspecified atom stereocenters. The molecule has 0 saturated heterocycles. The lowest BCUT2D eigenvalue weighted by molar-refractivity contribution is 0.0675. The van der Waals surface area contributed by atoms with Crippen LogP contribution in [0.25, 0.3) is 0 Å². The molecule has 0 aliphatic rings. The largest absolute Gasteiger partial charge is 0.476 e. The summed E-state index contributed by atoms with van der Waals surface area (Å²) >= 11 is 0. The Kier molecular flexibility index (Phi) is 4.25. The van der Waals surface area contributed by atoms with Crippen molar-refractivity contribution in [2.75, 3.05) is 13.6 Å². The molecule has 0 radical (unpaired) electrons. The summed E-state index contributed by atoms with van der Waals surface area (Å²) in [5.74, 6) is -1.48. The molecule has 6 heteroatoms. The molecule has 6 nitrogen and oxygen atoms in total. The van der Waals surface area contributed by atoms with E-state index in [0.29, 0.717) is 6.54 Å². The first kappa shape index (κ1) is 13.2. The minimum atomic E-state index is -1.18. The fraction of sp³-hybridized carbons (Fsp3) is 0.545. The van der Waals surface area contributed by atoms with Gasteiger partial charge < -0.3 is 10.0 Å². The molecule has 0 saturated carbocycles. The summed E-state index contributed by atoms with van der Waals surface area (Å²) in [5, 5.41) is 12.7. The first-order chi connectivity index (χ1) is 7.97. The Bertz CT molecular complexity index is 426. The lowest BCUT2D eigenvalue weighted by Gasteiger charge is -2.15. The minimum absolute atomic E-state index is 0.138. The van der Waals surface area contributed by atoms with Crippen molar-refractivity contribution in [3.8, 4) is 0 Å². The Morgan fingerprint density at radius 1 is 1.53 bits per heavy atom. The van der Waals surface area contributed by atoms with Crippen LogP contribution in [-0.2, 0) is 7.05 Å². The molecule has 1 aromatic rings. The zero-order chi connectivity index (χ0) is 13.0. The van der Waals surface area contributed by atoms with Gasteiger partial charge in [0.1, 0.15) is 0 Å². The molecule has 0 fully saturated rings. The average Bonchev–Trinajstić information content (AvgIpc) is 2.67. The van der Waals surface area contributed by atoms with Gasteiger partial charge in [-0.1, -0.05) is 13.3 Å². The molecule has 0 aliphatic carbocycles. The van der Waals surface area contributed by atoms with Gasteiger partial charge in [-0.3, -0.25) is 9.48 Å². The fourth-order valence-corrected chi connectivity index (χ4v) is 1.51. The number of unbranched alkanes of at least 4 members (excludes halogenated alkanes) is 1. The summed E-state index contributed by atoms with van der Waals surface area (Å²) < 4.78 is 1.34. The Morgan fingerprint density at radius 2 is 2.18 bits per heavy atom. The molecule has 17 heavy (non-hydrogen) atoms. The number of rotatable bonds is 5. The van der Waals surface area contributed by atoms with Crippen LogP contribution in [0.15, 0.2) is 6.20 Å². The van der Waals surface area contributed by atoms with Gasteiger partial charge in [0.15, 0.2) is 5.69 Å². The number of amides is 1. The van der Waals surface area contributed by atoms with E-state index < -0.39 is 5.97 Å². The summed E-state index contributed by atoms with van der Waals surface area (Å²) in [6.07, 6.45) is 3.32. The third kappa shape index (κ3) is 3.05. The number of aromatic nitrogens is 2. The highest BCUT2D eigenvalue weighted by atomic mass is 16.4. The highest BCUT2D eigenvalue weighted by Crippen LogP contribution is 2.10. The van der Waals surface area contributed by atoms with Gasteiger partial charge in [-0.05, 0) is 6.42 Å². The van der Waals surface area contributed by atoms with Crippen molar-refractivity contribution in [3.63, 3.8) is 0 Å². The zero-order valence-corrected chi connectivity index (χ0v) is 10.3. The Balaban J connectivity index is 2.91. The van der Waals surface area contributed by atoms with E-state index in [9.17, 15) is 9.59 Å². The normalized spacial score (nSPS) is 10.3. The van der Waals surface area contributed by atoms with Gasteiger partial charge in [0.25, 0.3) is 5.91 Å². The molecule has 1 N–H and O–H groups in total. The molecular formula is C11H17N3O3. The first-order valence-corrected chi connectivity index (χ1v) is 5.49.